The number of aryl methyl sites for hydroxylation is 1. The standard InChI is InChI=1S/C20H28O.2C2H6.C2H2/c1-13-4-9-19-18-7-5-14-12-15(21-3)6-8-16(14)17(18)10-11-20(13,19)2;3*1-2/h6,8,12-13,17-19H,4-5,7,9-11H2,1-3H3;2*1-2H3;1-2H. The molecule has 1 aromatic rings. The van der Waals surface area contributed by atoms with Gasteiger partial charge < -0.3 is 4.74 Å². The van der Waals surface area contributed by atoms with Crippen LogP contribution in [0.25, 0.3) is 0 Å². The van der Waals surface area contributed by atoms with Gasteiger partial charge in [-0.25, -0.2) is 0 Å². The fraction of sp³-hybridized carbons (Fsp3) is 0.692. The smallest absolute Gasteiger partial charge is 0.119 e. The Morgan fingerprint density at radius 3 is 2.30 bits per heavy atom. The molecule has 0 radical (unpaired) electrons. The van der Waals surface area contributed by atoms with Gasteiger partial charge in [0.1, 0.15) is 5.75 Å². The normalized spacial score (nSPS) is 32.5. The van der Waals surface area contributed by atoms with E-state index in [4.69, 9.17) is 4.74 Å². The molecule has 2 fully saturated rings. The number of hydrogen-bond acceptors (Lipinski definition) is 1. The Morgan fingerprint density at radius 2 is 1.67 bits per heavy atom. The van der Waals surface area contributed by atoms with Gasteiger partial charge in [0.2, 0.25) is 0 Å². The van der Waals surface area contributed by atoms with Crippen molar-refractivity contribution in [3.05, 3.63) is 29.3 Å². The fourth-order valence-electron chi connectivity index (χ4n) is 5.95. The van der Waals surface area contributed by atoms with E-state index in [1.807, 2.05) is 27.7 Å². The van der Waals surface area contributed by atoms with Crippen LogP contribution in [0.15, 0.2) is 18.2 Å². The number of benzene rings is 1. The lowest BCUT2D eigenvalue weighted by atomic mass is 9.54. The van der Waals surface area contributed by atoms with Crippen LogP contribution in [0.4, 0.5) is 0 Å². The van der Waals surface area contributed by atoms with Crippen LogP contribution in [-0.4, -0.2) is 7.11 Å². The minimum atomic E-state index is 0.630. The Kier molecular flexibility index (Phi) is 9.44. The van der Waals surface area contributed by atoms with E-state index in [1.165, 1.54) is 38.5 Å². The molecule has 0 N–H and O–H groups in total. The van der Waals surface area contributed by atoms with Gasteiger partial charge in [-0.1, -0.05) is 47.6 Å². The fourth-order valence-corrected chi connectivity index (χ4v) is 5.95. The van der Waals surface area contributed by atoms with Crippen LogP contribution in [0.2, 0.25) is 0 Å². The zero-order valence-corrected chi connectivity index (χ0v) is 18.8. The Morgan fingerprint density at radius 1 is 1.00 bits per heavy atom. The Balaban J connectivity index is 0.000000556. The van der Waals surface area contributed by atoms with Crippen LogP contribution in [0.3, 0.4) is 0 Å². The molecule has 1 heteroatoms. The van der Waals surface area contributed by atoms with E-state index in [0.29, 0.717) is 5.41 Å². The van der Waals surface area contributed by atoms with E-state index in [9.17, 15) is 0 Å². The van der Waals surface area contributed by atoms with Crippen LogP contribution in [-0.2, 0) is 6.42 Å². The van der Waals surface area contributed by atoms with E-state index in [2.05, 4.69) is 44.9 Å². The predicted molar refractivity (Wildman–Crippen MR) is 119 cm³/mol. The molecule has 5 atom stereocenters. The van der Waals surface area contributed by atoms with E-state index >= 15 is 0 Å². The lowest BCUT2D eigenvalue weighted by Gasteiger charge is -2.50. The highest BCUT2D eigenvalue weighted by Crippen LogP contribution is 2.62. The molecule has 0 heterocycles. The van der Waals surface area contributed by atoms with Gasteiger partial charge >= 0.3 is 0 Å². The SMILES string of the molecule is C#C.CC.CC.COc1ccc2c(c1)CCC1C2CCC2(C)C(C)CCC12. The zero-order chi connectivity index (χ0) is 20.6. The molecule has 0 aliphatic heterocycles. The van der Waals surface area contributed by atoms with Gasteiger partial charge in [0.15, 0.2) is 0 Å². The van der Waals surface area contributed by atoms with Crippen molar-refractivity contribution in [2.45, 2.75) is 86.0 Å². The first-order valence-electron chi connectivity index (χ1n) is 11.1. The van der Waals surface area contributed by atoms with Gasteiger partial charge in [-0.15, -0.1) is 12.8 Å². The quantitative estimate of drug-likeness (QED) is 0.465. The van der Waals surface area contributed by atoms with Crippen molar-refractivity contribution in [2.24, 2.45) is 23.2 Å². The monoisotopic (exact) mass is 370 g/mol. The summed E-state index contributed by atoms with van der Waals surface area (Å²) in [6.45, 7) is 13.1. The van der Waals surface area contributed by atoms with Crippen LogP contribution in [0, 0.1) is 36.0 Å². The lowest BCUT2D eigenvalue weighted by Crippen LogP contribution is -2.41. The summed E-state index contributed by atoms with van der Waals surface area (Å²) in [6.07, 6.45) is 16.4. The molecule has 5 unspecified atom stereocenters. The van der Waals surface area contributed by atoms with Crippen molar-refractivity contribution in [1.29, 1.82) is 0 Å². The maximum absolute atomic E-state index is 5.42. The summed E-state index contributed by atoms with van der Waals surface area (Å²) in [5, 5.41) is 0. The molecule has 0 saturated heterocycles. The molecule has 2 saturated carbocycles. The predicted octanol–water partition coefficient (Wildman–Crippen LogP) is 7.49. The molecule has 1 aromatic carbocycles. The largest absolute Gasteiger partial charge is 0.497 e. The lowest BCUT2D eigenvalue weighted by molar-refractivity contribution is 0.0336. The van der Waals surface area contributed by atoms with Crippen molar-refractivity contribution in [3.8, 4) is 18.6 Å². The van der Waals surface area contributed by atoms with E-state index < -0.39 is 0 Å². The number of fused-ring (bicyclic) bond motifs is 5. The highest BCUT2D eigenvalue weighted by Gasteiger charge is 2.53. The summed E-state index contributed by atoms with van der Waals surface area (Å²) < 4.78 is 5.42. The minimum absolute atomic E-state index is 0.630. The molecule has 1 nitrogen and oxygen atoms in total. The number of terminal acetylenes is 1. The van der Waals surface area contributed by atoms with Gasteiger partial charge in [-0.2, -0.15) is 0 Å². The summed E-state index contributed by atoms with van der Waals surface area (Å²) >= 11 is 0. The molecule has 3 aliphatic rings. The van der Waals surface area contributed by atoms with Crippen molar-refractivity contribution >= 4 is 0 Å². The Labute approximate surface area is 169 Å². The summed E-state index contributed by atoms with van der Waals surface area (Å²) in [5.41, 5.74) is 3.84. The Hall–Kier alpha value is -1.42. The third-order valence-corrected chi connectivity index (χ3v) is 7.41. The first-order chi connectivity index (χ1) is 13.1. The highest BCUT2D eigenvalue weighted by molar-refractivity contribution is 5.40. The minimum Gasteiger partial charge on any atom is -0.497 e. The molecule has 27 heavy (non-hydrogen) atoms. The van der Waals surface area contributed by atoms with Crippen LogP contribution < -0.4 is 4.74 Å². The second-order valence-corrected chi connectivity index (χ2v) is 8.00. The van der Waals surface area contributed by atoms with Gasteiger partial charge in [-0.3, -0.25) is 0 Å². The molecule has 152 valence electrons. The summed E-state index contributed by atoms with van der Waals surface area (Å²) in [5.74, 6) is 4.70. The van der Waals surface area contributed by atoms with Gasteiger partial charge in [0.25, 0.3) is 0 Å². The number of methoxy groups -OCH3 is 1. The van der Waals surface area contributed by atoms with E-state index in [0.717, 1.165) is 29.4 Å². The van der Waals surface area contributed by atoms with E-state index in [1.54, 1.807) is 18.2 Å². The first-order valence-corrected chi connectivity index (χ1v) is 11.1. The van der Waals surface area contributed by atoms with Crippen LogP contribution in [0.1, 0.15) is 90.7 Å². The Bertz CT molecular complexity index is 587. The maximum atomic E-state index is 5.42. The van der Waals surface area contributed by atoms with Crippen molar-refractivity contribution in [1.82, 2.24) is 0 Å². The zero-order valence-electron chi connectivity index (χ0n) is 18.8. The average molecular weight is 371 g/mol. The second kappa shape index (κ2) is 10.8. The average Bonchev–Trinajstić information content (AvgIpc) is 3.06. The molecule has 0 aromatic heterocycles. The van der Waals surface area contributed by atoms with Crippen LogP contribution >= 0.6 is 0 Å². The molecule has 0 spiro atoms. The maximum Gasteiger partial charge on any atom is 0.119 e. The molecular weight excluding hydrogens is 328 g/mol. The molecule has 3 aliphatic carbocycles. The van der Waals surface area contributed by atoms with Crippen LogP contribution in [0.5, 0.6) is 5.75 Å². The summed E-state index contributed by atoms with van der Waals surface area (Å²) in [4.78, 5) is 0. The molecular formula is C26H42O. The topological polar surface area (TPSA) is 9.23 Å². The first kappa shape index (κ1) is 23.6. The van der Waals surface area contributed by atoms with E-state index in [-0.39, 0.29) is 0 Å². The van der Waals surface area contributed by atoms with Gasteiger partial charge in [0.05, 0.1) is 7.11 Å². The second-order valence-electron chi connectivity index (χ2n) is 8.00. The number of hydrogen-bond donors (Lipinski definition) is 0. The molecule has 0 amide bonds. The molecule has 4 rings (SSSR count). The highest BCUT2D eigenvalue weighted by atomic mass is 16.5. The third-order valence-electron chi connectivity index (χ3n) is 7.41. The van der Waals surface area contributed by atoms with Crippen molar-refractivity contribution < 1.29 is 4.74 Å². The van der Waals surface area contributed by atoms with Gasteiger partial charge in [-0.05, 0) is 90.9 Å². The number of rotatable bonds is 1. The summed E-state index contributed by atoms with van der Waals surface area (Å²) in [6, 6.07) is 6.83. The van der Waals surface area contributed by atoms with Gasteiger partial charge in [0, 0.05) is 0 Å². The van der Waals surface area contributed by atoms with Crippen molar-refractivity contribution in [3.63, 3.8) is 0 Å². The third kappa shape index (κ3) is 4.37. The van der Waals surface area contributed by atoms with Crippen molar-refractivity contribution in [2.75, 3.05) is 7.11 Å². The summed E-state index contributed by atoms with van der Waals surface area (Å²) in [7, 11) is 1.78. The molecule has 0 bridgehead atoms. The number of ether oxygens (including phenoxy) is 1.